The minimum absolute atomic E-state index is 0.0820. The molecule has 0 bridgehead atoms. The molecular formula is C10H9F3O. The molecule has 0 saturated heterocycles. The largest absolute Gasteiger partial charge is 0.294 e. The number of ketones is 1. The first-order valence-corrected chi connectivity index (χ1v) is 4.02. The zero-order valence-electron chi connectivity index (χ0n) is 8.04. The summed E-state index contributed by atoms with van der Waals surface area (Å²) < 4.78 is 38.9. The minimum atomic E-state index is -1.52. The highest BCUT2D eigenvalue weighted by molar-refractivity contribution is 5.97. The summed E-state index contributed by atoms with van der Waals surface area (Å²) in [4.78, 5) is 11.0. The second-order valence-electron chi connectivity index (χ2n) is 3.12. The summed E-state index contributed by atoms with van der Waals surface area (Å²) in [6.45, 7) is 3.69. The van der Waals surface area contributed by atoms with Gasteiger partial charge in [0.25, 0.3) is 0 Å². The number of rotatable bonds is 1. The first-order chi connectivity index (χ1) is 6.37. The van der Waals surface area contributed by atoms with Crippen molar-refractivity contribution in [2.45, 2.75) is 20.8 Å². The lowest BCUT2D eigenvalue weighted by molar-refractivity contribution is 0.101. The van der Waals surface area contributed by atoms with Crippen LogP contribution in [0.15, 0.2) is 0 Å². The molecule has 0 aliphatic rings. The third kappa shape index (κ3) is 1.41. The topological polar surface area (TPSA) is 17.1 Å². The van der Waals surface area contributed by atoms with Gasteiger partial charge in [0.1, 0.15) is 0 Å². The van der Waals surface area contributed by atoms with Crippen LogP contribution in [0.25, 0.3) is 0 Å². The lowest BCUT2D eigenvalue weighted by Gasteiger charge is -2.09. The van der Waals surface area contributed by atoms with Crippen LogP contribution in [-0.2, 0) is 0 Å². The van der Waals surface area contributed by atoms with Gasteiger partial charge < -0.3 is 0 Å². The van der Waals surface area contributed by atoms with E-state index in [0.29, 0.717) is 0 Å². The third-order valence-corrected chi connectivity index (χ3v) is 2.15. The smallest absolute Gasteiger partial charge is 0.194 e. The molecule has 0 aromatic heterocycles. The second kappa shape index (κ2) is 3.44. The molecule has 0 atom stereocenters. The minimum Gasteiger partial charge on any atom is -0.294 e. The molecule has 4 heteroatoms. The Morgan fingerprint density at radius 3 is 1.57 bits per heavy atom. The highest BCUT2D eigenvalue weighted by Crippen LogP contribution is 2.24. The number of halogens is 3. The number of hydrogen-bond acceptors (Lipinski definition) is 1. The molecule has 1 nitrogen and oxygen atoms in total. The Hall–Kier alpha value is -1.32. The molecule has 0 aliphatic carbocycles. The highest BCUT2D eigenvalue weighted by Gasteiger charge is 2.21. The van der Waals surface area contributed by atoms with E-state index in [1.807, 2.05) is 0 Å². The van der Waals surface area contributed by atoms with Crippen LogP contribution in [-0.4, -0.2) is 5.78 Å². The van der Waals surface area contributed by atoms with E-state index in [-0.39, 0.29) is 16.7 Å². The van der Waals surface area contributed by atoms with E-state index in [9.17, 15) is 18.0 Å². The monoisotopic (exact) mass is 202 g/mol. The average Bonchev–Trinajstić information content (AvgIpc) is 2.11. The quantitative estimate of drug-likeness (QED) is 0.505. The molecule has 14 heavy (non-hydrogen) atoms. The Bertz CT molecular complexity index is 381. The highest BCUT2D eigenvalue weighted by atomic mass is 19.2. The fraction of sp³-hybridized carbons (Fsp3) is 0.300. The van der Waals surface area contributed by atoms with Crippen molar-refractivity contribution in [2.24, 2.45) is 0 Å². The standard InChI is InChI=1S/C10H9F3O/c1-4-7(6(3)14)5(2)9(12)10(13)8(4)11/h1-3H3. The number of benzene rings is 1. The fourth-order valence-corrected chi connectivity index (χ4v) is 1.45. The van der Waals surface area contributed by atoms with E-state index >= 15 is 0 Å². The summed E-state index contributed by atoms with van der Waals surface area (Å²) >= 11 is 0. The van der Waals surface area contributed by atoms with Gasteiger partial charge in [-0.05, 0) is 31.9 Å². The van der Waals surface area contributed by atoms with Gasteiger partial charge in [0.05, 0.1) is 0 Å². The lowest BCUT2D eigenvalue weighted by Crippen LogP contribution is -2.08. The summed E-state index contributed by atoms with van der Waals surface area (Å²) in [6.07, 6.45) is 0. The van der Waals surface area contributed by atoms with Crippen molar-refractivity contribution in [2.75, 3.05) is 0 Å². The Balaban J connectivity index is 3.68. The SMILES string of the molecule is CC(=O)c1c(C)c(F)c(F)c(F)c1C. The van der Waals surface area contributed by atoms with Gasteiger partial charge in [-0.15, -0.1) is 0 Å². The predicted octanol–water partition coefficient (Wildman–Crippen LogP) is 2.92. The fourth-order valence-electron chi connectivity index (χ4n) is 1.45. The van der Waals surface area contributed by atoms with Crippen molar-refractivity contribution in [1.29, 1.82) is 0 Å². The number of Topliss-reactive ketones (excluding diaryl/α,β-unsaturated/α-hetero) is 1. The van der Waals surface area contributed by atoms with Gasteiger partial charge in [0.2, 0.25) is 0 Å². The van der Waals surface area contributed by atoms with E-state index in [0.717, 1.165) is 0 Å². The second-order valence-corrected chi connectivity index (χ2v) is 3.12. The van der Waals surface area contributed by atoms with Gasteiger partial charge in [0, 0.05) is 5.56 Å². The van der Waals surface area contributed by atoms with E-state index in [1.54, 1.807) is 0 Å². The van der Waals surface area contributed by atoms with Crippen molar-refractivity contribution in [3.63, 3.8) is 0 Å². The summed E-state index contributed by atoms with van der Waals surface area (Å²) in [7, 11) is 0. The molecule has 1 aromatic carbocycles. The molecular weight excluding hydrogens is 193 g/mol. The molecule has 0 spiro atoms. The van der Waals surface area contributed by atoms with Crippen molar-refractivity contribution < 1.29 is 18.0 Å². The van der Waals surface area contributed by atoms with Crippen LogP contribution in [0.2, 0.25) is 0 Å². The molecule has 0 N–H and O–H groups in total. The average molecular weight is 202 g/mol. The molecule has 1 rings (SSSR count). The maximum Gasteiger partial charge on any atom is 0.194 e. The van der Waals surface area contributed by atoms with Crippen molar-refractivity contribution >= 4 is 5.78 Å². The van der Waals surface area contributed by atoms with Crippen molar-refractivity contribution in [3.8, 4) is 0 Å². The van der Waals surface area contributed by atoms with Crippen LogP contribution in [0.4, 0.5) is 13.2 Å². The van der Waals surface area contributed by atoms with Gasteiger partial charge in [0.15, 0.2) is 23.2 Å². The van der Waals surface area contributed by atoms with Crippen LogP contribution in [0.5, 0.6) is 0 Å². The van der Waals surface area contributed by atoms with Crippen molar-refractivity contribution in [1.82, 2.24) is 0 Å². The van der Waals surface area contributed by atoms with Gasteiger partial charge >= 0.3 is 0 Å². The number of carbonyl (C=O) groups is 1. The predicted molar refractivity (Wildman–Crippen MR) is 45.8 cm³/mol. The van der Waals surface area contributed by atoms with Crippen LogP contribution < -0.4 is 0 Å². The molecule has 0 saturated carbocycles. The van der Waals surface area contributed by atoms with Gasteiger partial charge in [-0.1, -0.05) is 0 Å². The van der Waals surface area contributed by atoms with Crippen molar-refractivity contribution in [3.05, 3.63) is 34.1 Å². The summed E-state index contributed by atoms with van der Waals surface area (Å²) in [5.41, 5.74) is -0.371. The Labute approximate surface area is 79.5 Å². The zero-order chi connectivity index (χ0) is 11.0. The van der Waals surface area contributed by atoms with E-state index in [4.69, 9.17) is 0 Å². The van der Waals surface area contributed by atoms with E-state index < -0.39 is 23.2 Å². The summed E-state index contributed by atoms with van der Waals surface area (Å²) in [5, 5.41) is 0. The Kier molecular flexibility index (Phi) is 2.64. The van der Waals surface area contributed by atoms with E-state index in [2.05, 4.69) is 0 Å². The maximum atomic E-state index is 13.0. The lowest BCUT2D eigenvalue weighted by atomic mass is 9.98. The molecule has 0 heterocycles. The summed E-state index contributed by atoms with van der Waals surface area (Å²) in [6, 6.07) is 0. The van der Waals surface area contributed by atoms with E-state index in [1.165, 1.54) is 20.8 Å². The first-order valence-electron chi connectivity index (χ1n) is 4.02. The molecule has 0 fully saturated rings. The van der Waals surface area contributed by atoms with Crippen LogP contribution >= 0.6 is 0 Å². The van der Waals surface area contributed by atoms with Gasteiger partial charge in [-0.2, -0.15) is 0 Å². The van der Waals surface area contributed by atoms with Gasteiger partial charge in [-0.25, -0.2) is 13.2 Å². The molecule has 0 amide bonds. The van der Waals surface area contributed by atoms with Crippen LogP contribution in [0.1, 0.15) is 28.4 Å². The normalized spacial score (nSPS) is 10.4. The molecule has 76 valence electrons. The third-order valence-electron chi connectivity index (χ3n) is 2.15. The molecule has 0 aliphatic heterocycles. The Morgan fingerprint density at radius 2 is 1.29 bits per heavy atom. The molecule has 1 aromatic rings. The van der Waals surface area contributed by atoms with Crippen LogP contribution in [0, 0.1) is 31.3 Å². The first kappa shape index (κ1) is 10.8. The number of hydrogen-bond donors (Lipinski definition) is 0. The van der Waals surface area contributed by atoms with Crippen LogP contribution in [0.3, 0.4) is 0 Å². The zero-order valence-corrected chi connectivity index (χ0v) is 8.04. The molecule has 0 radical (unpaired) electrons. The summed E-state index contributed by atoms with van der Waals surface area (Å²) in [5.74, 6) is -4.58. The molecule has 0 unspecified atom stereocenters. The number of carbonyl (C=O) groups excluding carboxylic acids is 1. The Morgan fingerprint density at radius 1 is 0.929 bits per heavy atom. The van der Waals surface area contributed by atoms with Gasteiger partial charge in [-0.3, -0.25) is 4.79 Å². The maximum absolute atomic E-state index is 13.0.